The molecule has 1 aromatic carbocycles. The van der Waals surface area contributed by atoms with Gasteiger partial charge >= 0.3 is 0 Å². The third kappa shape index (κ3) is 5.94. The lowest BCUT2D eigenvalue weighted by Gasteiger charge is -2.31. The van der Waals surface area contributed by atoms with Gasteiger partial charge in [0.25, 0.3) is 5.91 Å². The molecule has 0 spiro atoms. The van der Waals surface area contributed by atoms with Gasteiger partial charge in [0, 0.05) is 6.04 Å². The predicted molar refractivity (Wildman–Crippen MR) is 97.0 cm³/mol. The lowest BCUT2D eigenvalue weighted by atomic mass is 10.3. The van der Waals surface area contributed by atoms with Crippen molar-refractivity contribution in [1.82, 2.24) is 14.9 Å². The largest absolute Gasteiger partial charge is 0.352 e. The summed E-state index contributed by atoms with van der Waals surface area (Å²) in [5, 5.41) is 5.18. The summed E-state index contributed by atoms with van der Waals surface area (Å²) in [6.45, 7) is 4.42. The minimum absolute atomic E-state index is 0.0204. The first-order valence-corrected chi connectivity index (χ1v) is 10.4. The average molecular weight is 419 g/mol. The van der Waals surface area contributed by atoms with Crippen molar-refractivity contribution in [3.05, 3.63) is 29.8 Å². The molecular weight excluding hydrogens is 394 g/mol. The molecular formula is C17H25F2N4O4S+. The summed E-state index contributed by atoms with van der Waals surface area (Å²) in [7, 11) is -4.15. The highest BCUT2D eigenvalue weighted by Crippen LogP contribution is 2.20. The molecule has 0 aliphatic carbocycles. The fourth-order valence-electron chi connectivity index (χ4n) is 2.87. The van der Waals surface area contributed by atoms with Crippen molar-refractivity contribution in [2.75, 3.05) is 39.3 Å². The number of sulfonamides is 1. The Labute approximate surface area is 162 Å². The van der Waals surface area contributed by atoms with E-state index in [1.165, 1.54) is 0 Å². The minimum atomic E-state index is -4.15. The molecule has 1 aliphatic rings. The summed E-state index contributed by atoms with van der Waals surface area (Å²) in [6, 6.07) is 2.28. The number of halogens is 2. The van der Waals surface area contributed by atoms with Gasteiger partial charge in [-0.2, -0.15) is 4.31 Å². The number of piperazine rings is 1. The zero-order valence-electron chi connectivity index (χ0n) is 15.8. The molecule has 8 nitrogen and oxygen atoms in total. The molecule has 1 aliphatic heterocycles. The molecule has 2 amide bonds. The second kappa shape index (κ2) is 9.39. The minimum Gasteiger partial charge on any atom is -0.352 e. The Morgan fingerprint density at radius 2 is 1.82 bits per heavy atom. The van der Waals surface area contributed by atoms with Crippen molar-refractivity contribution >= 4 is 21.8 Å². The van der Waals surface area contributed by atoms with Crippen LogP contribution in [0.4, 0.5) is 8.78 Å². The third-order valence-electron chi connectivity index (χ3n) is 4.25. The summed E-state index contributed by atoms with van der Waals surface area (Å²) < 4.78 is 53.3. The van der Waals surface area contributed by atoms with E-state index in [-0.39, 0.29) is 44.0 Å². The summed E-state index contributed by atoms with van der Waals surface area (Å²) in [4.78, 5) is 23.6. The van der Waals surface area contributed by atoms with Crippen LogP contribution in [0.5, 0.6) is 0 Å². The van der Waals surface area contributed by atoms with Crippen LogP contribution in [0.2, 0.25) is 0 Å². The maximum Gasteiger partial charge on any atom is 0.275 e. The van der Waals surface area contributed by atoms with Crippen molar-refractivity contribution in [2.24, 2.45) is 0 Å². The zero-order valence-corrected chi connectivity index (χ0v) is 16.6. The van der Waals surface area contributed by atoms with Crippen LogP contribution in [0.3, 0.4) is 0 Å². The average Bonchev–Trinajstić information content (AvgIpc) is 2.62. The Bertz CT molecular complexity index is 824. The summed E-state index contributed by atoms with van der Waals surface area (Å²) >= 11 is 0. The van der Waals surface area contributed by atoms with Gasteiger partial charge in [-0.05, 0) is 32.0 Å². The lowest BCUT2D eigenvalue weighted by molar-refractivity contribution is -0.895. The molecule has 1 fully saturated rings. The highest BCUT2D eigenvalue weighted by Gasteiger charge is 2.33. The molecule has 0 bridgehead atoms. The fraction of sp³-hybridized carbons (Fsp3) is 0.529. The van der Waals surface area contributed by atoms with Gasteiger partial charge in [0.2, 0.25) is 15.9 Å². The number of hydrogen-bond acceptors (Lipinski definition) is 4. The number of nitrogens with one attached hydrogen (secondary N) is 3. The van der Waals surface area contributed by atoms with E-state index in [4.69, 9.17) is 0 Å². The zero-order chi connectivity index (χ0) is 20.9. The fourth-order valence-corrected chi connectivity index (χ4v) is 4.39. The van der Waals surface area contributed by atoms with Crippen molar-refractivity contribution < 1.29 is 31.7 Å². The number of nitrogens with zero attached hydrogens (tertiary/aromatic N) is 1. The molecule has 28 heavy (non-hydrogen) atoms. The summed E-state index contributed by atoms with van der Waals surface area (Å²) in [5.74, 6) is -2.44. The molecule has 3 N–H and O–H groups in total. The number of quaternary nitrogens is 1. The number of rotatable bonds is 7. The van der Waals surface area contributed by atoms with Gasteiger partial charge < -0.3 is 15.5 Å². The molecule has 0 radical (unpaired) electrons. The predicted octanol–water partition coefficient (Wildman–Crippen LogP) is -1.51. The molecule has 1 saturated heterocycles. The second-order valence-electron chi connectivity index (χ2n) is 6.90. The van der Waals surface area contributed by atoms with E-state index < -0.39 is 26.6 Å². The van der Waals surface area contributed by atoms with Crippen molar-refractivity contribution in [3.63, 3.8) is 0 Å². The standard InChI is InChI=1S/C17H24F2N4O4S/c1-12(2)21-16(24)10-20-17(25)11-22-5-7-23(8-6-22)28(26,27)15-9-13(18)3-4-14(15)19/h3-4,9,12H,5-8,10-11H2,1-2H3,(H,20,25)(H,21,24)/p+1. The van der Waals surface area contributed by atoms with Gasteiger partial charge in [0.05, 0.1) is 32.7 Å². The van der Waals surface area contributed by atoms with Crippen LogP contribution in [0.15, 0.2) is 23.1 Å². The SMILES string of the molecule is CC(C)NC(=O)CNC(=O)C[NH+]1CCN(S(=O)(=O)c2cc(F)ccc2F)CC1. The number of hydrogen-bond donors (Lipinski definition) is 3. The lowest BCUT2D eigenvalue weighted by Crippen LogP contribution is -3.15. The first kappa shape index (κ1) is 22.2. The third-order valence-corrected chi connectivity index (χ3v) is 6.16. The van der Waals surface area contributed by atoms with Crippen LogP contribution in [0.1, 0.15) is 13.8 Å². The van der Waals surface area contributed by atoms with Gasteiger partial charge in [-0.15, -0.1) is 0 Å². The van der Waals surface area contributed by atoms with Crippen LogP contribution in [-0.2, 0) is 19.6 Å². The van der Waals surface area contributed by atoms with E-state index in [2.05, 4.69) is 10.6 Å². The van der Waals surface area contributed by atoms with E-state index in [1.54, 1.807) is 0 Å². The van der Waals surface area contributed by atoms with Crippen LogP contribution in [-0.4, -0.2) is 69.8 Å². The molecule has 2 rings (SSSR count). The summed E-state index contributed by atoms with van der Waals surface area (Å²) in [6.07, 6.45) is 0. The normalized spacial score (nSPS) is 16.2. The first-order chi connectivity index (χ1) is 13.1. The molecule has 0 saturated carbocycles. The first-order valence-electron chi connectivity index (χ1n) is 8.94. The number of amides is 2. The molecule has 0 atom stereocenters. The summed E-state index contributed by atoms with van der Waals surface area (Å²) in [5.41, 5.74) is 0. The van der Waals surface area contributed by atoms with Crippen LogP contribution >= 0.6 is 0 Å². The van der Waals surface area contributed by atoms with Crippen molar-refractivity contribution in [2.45, 2.75) is 24.8 Å². The van der Waals surface area contributed by atoms with Gasteiger partial charge in [-0.3, -0.25) is 9.59 Å². The number of benzene rings is 1. The van der Waals surface area contributed by atoms with Gasteiger partial charge in [0.1, 0.15) is 16.5 Å². The van der Waals surface area contributed by atoms with Gasteiger partial charge in [-0.1, -0.05) is 0 Å². The second-order valence-corrected chi connectivity index (χ2v) is 8.81. The highest BCUT2D eigenvalue weighted by atomic mass is 32.2. The monoisotopic (exact) mass is 419 g/mol. The Hall–Kier alpha value is -2.11. The quantitative estimate of drug-likeness (QED) is 0.501. The maximum absolute atomic E-state index is 13.8. The van der Waals surface area contributed by atoms with Crippen molar-refractivity contribution in [3.8, 4) is 0 Å². The topological polar surface area (TPSA) is 100 Å². The van der Waals surface area contributed by atoms with Gasteiger partial charge in [-0.25, -0.2) is 17.2 Å². The van der Waals surface area contributed by atoms with E-state index in [0.717, 1.165) is 21.3 Å². The molecule has 0 unspecified atom stereocenters. The molecule has 0 aromatic heterocycles. The van der Waals surface area contributed by atoms with Crippen LogP contribution in [0.25, 0.3) is 0 Å². The highest BCUT2D eigenvalue weighted by molar-refractivity contribution is 7.89. The molecule has 1 heterocycles. The Morgan fingerprint density at radius 3 is 2.43 bits per heavy atom. The van der Waals surface area contributed by atoms with E-state index >= 15 is 0 Å². The van der Waals surface area contributed by atoms with E-state index in [1.807, 2.05) is 13.8 Å². The number of carbonyl (C=O) groups is 2. The molecule has 156 valence electrons. The number of carbonyl (C=O) groups excluding carboxylic acids is 2. The Balaban J connectivity index is 1.86. The molecule has 1 aromatic rings. The Kier molecular flexibility index (Phi) is 7.44. The molecule has 11 heteroatoms. The maximum atomic E-state index is 13.8. The Morgan fingerprint density at radius 1 is 1.18 bits per heavy atom. The van der Waals surface area contributed by atoms with Crippen LogP contribution in [0, 0.1) is 11.6 Å². The van der Waals surface area contributed by atoms with E-state index in [9.17, 15) is 26.8 Å². The van der Waals surface area contributed by atoms with Gasteiger partial charge in [0.15, 0.2) is 6.54 Å². The van der Waals surface area contributed by atoms with E-state index in [0.29, 0.717) is 19.2 Å². The smallest absolute Gasteiger partial charge is 0.275 e. The van der Waals surface area contributed by atoms with Crippen molar-refractivity contribution in [1.29, 1.82) is 0 Å². The van der Waals surface area contributed by atoms with Crippen LogP contribution < -0.4 is 15.5 Å².